The molecule has 0 saturated heterocycles. The van der Waals surface area contributed by atoms with Crippen LogP contribution in [0.5, 0.6) is 0 Å². The molecule has 1 aliphatic carbocycles. The highest BCUT2D eigenvalue weighted by Gasteiger charge is 2.40. The van der Waals surface area contributed by atoms with Gasteiger partial charge in [-0.05, 0) is 84.9 Å². The van der Waals surface area contributed by atoms with Crippen LogP contribution in [0.3, 0.4) is 0 Å². The molecule has 7 aromatic rings. The average molecular weight is 499 g/mol. The van der Waals surface area contributed by atoms with Gasteiger partial charge in [0.25, 0.3) is 0 Å². The standard InChI is InChI=1S/C37H26N2/c1-37(2)35-27-16-7-5-14-25(27)29(31-19-11-20-33(39-31)32-18-9-10-21-38-32)22-30(35)34-26-15-6-3-12-23(26)24-13-4-8-17-28(24)36(34)37/h3-22H,1-2H3. The van der Waals surface area contributed by atoms with Crippen molar-refractivity contribution in [1.82, 2.24) is 9.97 Å². The third-order valence-electron chi connectivity index (χ3n) is 8.45. The zero-order valence-corrected chi connectivity index (χ0v) is 21.9. The summed E-state index contributed by atoms with van der Waals surface area (Å²) in [7, 11) is 0. The topological polar surface area (TPSA) is 25.8 Å². The summed E-state index contributed by atoms with van der Waals surface area (Å²) in [5.74, 6) is 0. The van der Waals surface area contributed by atoms with Gasteiger partial charge in [-0.15, -0.1) is 0 Å². The highest BCUT2D eigenvalue weighted by Crippen LogP contribution is 2.57. The SMILES string of the molecule is CC1(C)c2c(cc(-c3cccc(-c4ccccn4)n3)c3ccccc23)-c2c1c1ccccc1c1ccccc21. The number of hydrogen-bond acceptors (Lipinski definition) is 2. The van der Waals surface area contributed by atoms with Crippen LogP contribution in [0.1, 0.15) is 25.0 Å². The van der Waals surface area contributed by atoms with Crippen LogP contribution in [-0.4, -0.2) is 9.97 Å². The first-order valence-corrected chi connectivity index (χ1v) is 13.5. The van der Waals surface area contributed by atoms with E-state index in [-0.39, 0.29) is 5.41 Å². The van der Waals surface area contributed by atoms with Crippen molar-refractivity contribution >= 4 is 32.3 Å². The fourth-order valence-corrected chi connectivity index (χ4v) is 6.89. The molecule has 0 aliphatic heterocycles. The van der Waals surface area contributed by atoms with Crippen LogP contribution in [0.4, 0.5) is 0 Å². The second kappa shape index (κ2) is 8.09. The largest absolute Gasteiger partial charge is 0.255 e. The molecular formula is C37H26N2. The number of fused-ring (bicyclic) bond motifs is 10. The van der Waals surface area contributed by atoms with Gasteiger partial charge in [-0.3, -0.25) is 4.98 Å². The van der Waals surface area contributed by atoms with Gasteiger partial charge in [0.15, 0.2) is 0 Å². The molecule has 39 heavy (non-hydrogen) atoms. The fourth-order valence-electron chi connectivity index (χ4n) is 6.89. The van der Waals surface area contributed by atoms with Gasteiger partial charge in [-0.25, -0.2) is 4.98 Å². The zero-order valence-electron chi connectivity index (χ0n) is 21.9. The Balaban J connectivity index is 1.51. The van der Waals surface area contributed by atoms with Gasteiger partial charge >= 0.3 is 0 Å². The molecule has 0 bridgehead atoms. The maximum atomic E-state index is 5.13. The van der Waals surface area contributed by atoms with Gasteiger partial charge in [-0.2, -0.15) is 0 Å². The maximum Gasteiger partial charge on any atom is 0.0893 e. The lowest BCUT2D eigenvalue weighted by Gasteiger charge is -2.25. The van der Waals surface area contributed by atoms with Crippen molar-refractivity contribution in [2.24, 2.45) is 0 Å². The smallest absolute Gasteiger partial charge is 0.0893 e. The molecule has 2 nitrogen and oxygen atoms in total. The van der Waals surface area contributed by atoms with Crippen LogP contribution in [0, 0.1) is 0 Å². The third kappa shape index (κ3) is 3.09. The van der Waals surface area contributed by atoms with E-state index >= 15 is 0 Å². The van der Waals surface area contributed by atoms with Crippen molar-refractivity contribution in [2.75, 3.05) is 0 Å². The molecule has 2 heterocycles. The van der Waals surface area contributed by atoms with Crippen molar-refractivity contribution in [3.05, 3.63) is 133 Å². The fraction of sp³-hybridized carbons (Fsp3) is 0.0811. The van der Waals surface area contributed by atoms with E-state index in [1.807, 2.05) is 30.5 Å². The molecule has 2 aromatic heterocycles. The Morgan fingerprint density at radius 2 is 1.03 bits per heavy atom. The second-order valence-corrected chi connectivity index (χ2v) is 11.0. The van der Waals surface area contributed by atoms with Gasteiger partial charge in [0.1, 0.15) is 0 Å². The highest BCUT2D eigenvalue weighted by molar-refractivity contribution is 6.20. The Kier molecular flexibility index (Phi) is 4.60. The lowest BCUT2D eigenvalue weighted by Crippen LogP contribution is -2.16. The average Bonchev–Trinajstić information content (AvgIpc) is 3.24. The summed E-state index contributed by atoms with van der Waals surface area (Å²) >= 11 is 0. The number of aromatic nitrogens is 2. The molecule has 0 fully saturated rings. The van der Waals surface area contributed by atoms with Crippen molar-refractivity contribution in [3.63, 3.8) is 0 Å². The molecule has 184 valence electrons. The maximum absolute atomic E-state index is 5.13. The normalized spacial score (nSPS) is 13.6. The van der Waals surface area contributed by atoms with Crippen molar-refractivity contribution in [1.29, 1.82) is 0 Å². The lowest BCUT2D eigenvalue weighted by molar-refractivity contribution is 0.672. The van der Waals surface area contributed by atoms with Crippen LogP contribution in [0.25, 0.3) is 66.1 Å². The number of benzene rings is 5. The Morgan fingerprint density at radius 1 is 0.462 bits per heavy atom. The van der Waals surface area contributed by atoms with Gasteiger partial charge in [0, 0.05) is 17.2 Å². The molecule has 0 saturated carbocycles. The monoisotopic (exact) mass is 498 g/mol. The molecular weight excluding hydrogens is 472 g/mol. The Morgan fingerprint density at radius 3 is 1.74 bits per heavy atom. The molecule has 0 spiro atoms. The van der Waals surface area contributed by atoms with E-state index in [2.05, 4.69) is 110 Å². The first-order valence-electron chi connectivity index (χ1n) is 13.5. The molecule has 0 radical (unpaired) electrons. The number of nitrogens with zero attached hydrogens (tertiary/aromatic N) is 2. The molecule has 0 atom stereocenters. The Bertz CT molecular complexity index is 2090. The molecule has 0 amide bonds. The van der Waals surface area contributed by atoms with Crippen LogP contribution in [0.2, 0.25) is 0 Å². The minimum Gasteiger partial charge on any atom is -0.255 e. The van der Waals surface area contributed by atoms with Gasteiger partial charge in [0.05, 0.1) is 17.1 Å². The first kappa shape index (κ1) is 22.2. The first-order chi connectivity index (χ1) is 19.1. The van der Waals surface area contributed by atoms with Crippen LogP contribution in [0.15, 0.2) is 121 Å². The minimum atomic E-state index is -0.157. The van der Waals surface area contributed by atoms with E-state index in [0.717, 1.165) is 22.6 Å². The Hall–Kier alpha value is -4.82. The predicted molar refractivity (Wildman–Crippen MR) is 163 cm³/mol. The molecule has 5 aromatic carbocycles. The van der Waals surface area contributed by atoms with E-state index in [0.29, 0.717) is 0 Å². The van der Waals surface area contributed by atoms with Crippen molar-refractivity contribution < 1.29 is 0 Å². The van der Waals surface area contributed by atoms with Crippen molar-refractivity contribution in [3.8, 4) is 33.8 Å². The number of pyridine rings is 2. The summed E-state index contributed by atoms with van der Waals surface area (Å²) in [4.78, 5) is 9.68. The molecule has 0 unspecified atom stereocenters. The summed E-state index contributed by atoms with van der Waals surface area (Å²) in [6, 6.07) is 41.2. The summed E-state index contributed by atoms with van der Waals surface area (Å²) < 4.78 is 0. The number of hydrogen-bond donors (Lipinski definition) is 0. The molecule has 8 rings (SSSR count). The summed E-state index contributed by atoms with van der Waals surface area (Å²) in [5, 5.41) is 7.81. The zero-order chi connectivity index (χ0) is 26.1. The molecule has 1 aliphatic rings. The van der Waals surface area contributed by atoms with Crippen LogP contribution < -0.4 is 0 Å². The summed E-state index contributed by atoms with van der Waals surface area (Å²) in [6.45, 7) is 4.79. The minimum absolute atomic E-state index is 0.157. The quantitative estimate of drug-likeness (QED) is 0.222. The molecule has 2 heteroatoms. The van der Waals surface area contributed by atoms with Crippen molar-refractivity contribution in [2.45, 2.75) is 19.3 Å². The van der Waals surface area contributed by atoms with E-state index in [1.165, 1.54) is 54.6 Å². The molecule has 0 N–H and O–H groups in total. The predicted octanol–water partition coefficient (Wildman–Crippen LogP) is 9.58. The van der Waals surface area contributed by atoms with Crippen LogP contribution >= 0.6 is 0 Å². The summed E-state index contributed by atoms with van der Waals surface area (Å²) in [6.07, 6.45) is 1.82. The van der Waals surface area contributed by atoms with E-state index < -0.39 is 0 Å². The van der Waals surface area contributed by atoms with Crippen LogP contribution in [-0.2, 0) is 5.41 Å². The lowest BCUT2D eigenvalue weighted by atomic mass is 9.77. The second-order valence-electron chi connectivity index (χ2n) is 11.0. The van der Waals surface area contributed by atoms with E-state index in [1.54, 1.807) is 0 Å². The van der Waals surface area contributed by atoms with E-state index in [9.17, 15) is 0 Å². The van der Waals surface area contributed by atoms with Gasteiger partial charge in [-0.1, -0.05) is 98.8 Å². The highest BCUT2D eigenvalue weighted by atomic mass is 14.8. The van der Waals surface area contributed by atoms with E-state index in [4.69, 9.17) is 4.98 Å². The summed E-state index contributed by atoms with van der Waals surface area (Å²) in [5.41, 5.74) is 9.23. The third-order valence-corrected chi connectivity index (χ3v) is 8.45. The van der Waals surface area contributed by atoms with Gasteiger partial charge < -0.3 is 0 Å². The Labute approximate surface area is 227 Å². The van der Waals surface area contributed by atoms with Gasteiger partial charge in [0.2, 0.25) is 0 Å². The number of rotatable bonds is 2.